The predicted molar refractivity (Wildman–Crippen MR) is 118 cm³/mol. The predicted octanol–water partition coefficient (Wildman–Crippen LogP) is 3.22. The molecule has 0 aliphatic carbocycles. The lowest BCUT2D eigenvalue weighted by molar-refractivity contribution is 0.219. The van der Waals surface area contributed by atoms with Crippen LogP contribution in [-0.2, 0) is 6.54 Å². The molecule has 0 aliphatic heterocycles. The van der Waals surface area contributed by atoms with Gasteiger partial charge in [0.25, 0.3) is 0 Å². The third-order valence-electron chi connectivity index (χ3n) is 5.17. The minimum absolute atomic E-state index is 0.332. The van der Waals surface area contributed by atoms with Crippen molar-refractivity contribution < 1.29 is 0 Å². The number of guanidine groups is 1. The van der Waals surface area contributed by atoms with E-state index in [-0.39, 0.29) is 0 Å². The van der Waals surface area contributed by atoms with Gasteiger partial charge in [0.15, 0.2) is 5.96 Å². The average Bonchev–Trinajstić information content (AvgIpc) is 3.14. The van der Waals surface area contributed by atoms with Crippen LogP contribution in [-0.4, -0.2) is 53.6 Å². The number of unbranched alkanes of at least 4 members (excludes halogenated alkanes) is 1. The van der Waals surface area contributed by atoms with Crippen molar-refractivity contribution in [2.24, 2.45) is 4.99 Å². The van der Waals surface area contributed by atoms with Crippen LogP contribution < -0.4 is 10.6 Å². The van der Waals surface area contributed by atoms with E-state index in [4.69, 9.17) is 0 Å². The maximum atomic E-state index is 4.39. The number of benzene rings is 1. The Morgan fingerprint density at radius 2 is 1.89 bits per heavy atom. The van der Waals surface area contributed by atoms with Gasteiger partial charge < -0.3 is 15.2 Å². The summed E-state index contributed by atoms with van der Waals surface area (Å²) >= 11 is 0. The molecule has 1 aromatic carbocycles. The maximum absolute atomic E-state index is 4.39. The zero-order chi connectivity index (χ0) is 20.2. The van der Waals surface area contributed by atoms with Crippen LogP contribution in [0.4, 0.5) is 0 Å². The van der Waals surface area contributed by atoms with Crippen LogP contribution in [0.3, 0.4) is 0 Å². The van der Waals surface area contributed by atoms with Crippen molar-refractivity contribution in [2.75, 3.05) is 33.2 Å². The number of aliphatic imine (C=N–C) groups is 1. The highest BCUT2D eigenvalue weighted by molar-refractivity contribution is 5.79. The average molecular weight is 385 g/mol. The Hall–Kier alpha value is -2.34. The number of rotatable bonds is 11. The van der Waals surface area contributed by atoms with Gasteiger partial charge in [-0.05, 0) is 38.4 Å². The van der Waals surface area contributed by atoms with Gasteiger partial charge in [-0.2, -0.15) is 0 Å². The molecule has 0 aliphatic rings. The van der Waals surface area contributed by atoms with Crippen LogP contribution in [0.25, 0.3) is 0 Å². The summed E-state index contributed by atoms with van der Waals surface area (Å²) in [4.78, 5) is 11.1. The van der Waals surface area contributed by atoms with Gasteiger partial charge in [0, 0.05) is 39.1 Å². The van der Waals surface area contributed by atoms with E-state index in [9.17, 15) is 0 Å². The topological polar surface area (TPSA) is 57.5 Å². The molecule has 0 radical (unpaired) electrons. The van der Waals surface area contributed by atoms with E-state index in [0.717, 1.165) is 57.3 Å². The number of hydrogen-bond acceptors (Lipinski definition) is 3. The van der Waals surface area contributed by atoms with E-state index in [0.29, 0.717) is 6.04 Å². The quantitative estimate of drug-likeness (QED) is 0.355. The summed E-state index contributed by atoms with van der Waals surface area (Å²) in [7, 11) is 1.83. The third-order valence-corrected chi connectivity index (χ3v) is 5.17. The van der Waals surface area contributed by atoms with E-state index in [1.54, 1.807) is 0 Å². The number of hydrogen-bond donors (Lipinski definition) is 2. The highest BCUT2D eigenvalue weighted by Crippen LogP contribution is 2.19. The molecule has 0 saturated heterocycles. The Balaban J connectivity index is 1.79. The molecule has 0 saturated carbocycles. The normalized spacial score (nSPS) is 13.0. The minimum atomic E-state index is 0.332. The molecule has 6 nitrogen and oxygen atoms in total. The zero-order valence-corrected chi connectivity index (χ0v) is 17.9. The van der Waals surface area contributed by atoms with Crippen molar-refractivity contribution in [3.8, 4) is 0 Å². The molecule has 1 aromatic heterocycles. The van der Waals surface area contributed by atoms with Crippen molar-refractivity contribution in [3.05, 3.63) is 54.1 Å². The molecule has 1 atom stereocenters. The smallest absolute Gasteiger partial charge is 0.191 e. The number of aromatic nitrogens is 2. The summed E-state index contributed by atoms with van der Waals surface area (Å²) in [6.07, 6.45) is 6.11. The second kappa shape index (κ2) is 12.2. The van der Waals surface area contributed by atoms with Crippen molar-refractivity contribution in [3.63, 3.8) is 0 Å². The SMILES string of the molecule is CCN(CC)C(CNC(=NC)NCCCCn1ccnc1C)c1ccccc1. The van der Waals surface area contributed by atoms with Gasteiger partial charge in [0.05, 0.1) is 6.04 Å². The summed E-state index contributed by atoms with van der Waals surface area (Å²) in [6, 6.07) is 11.0. The monoisotopic (exact) mass is 384 g/mol. The number of nitrogens with zero attached hydrogens (tertiary/aromatic N) is 4. The number of likely N-dealkylation sites (N-methyl/N-ethyl adjacent to an activating group) is 1. The van der Waals surface area contributed by atoms with E-state index >= 15 is 0 Å². The number of imidazole rings is 1. The molecule has 0 bridgehead atoms. The second-order valence-electron chi connectivity index (χ2n) is 6.90. The fourth-order valence-corrected chi connectivity index (χ4v) is 3.47. The lowest BCUT2D eigenvalue weighted by Crippen LogP contribution is -2.43. The molecule has 2 aromatic rings. The third kappa shape index (κ3) is 6.68. The van der Waals surface area contributed by atoms with Crippen LogP contribution in [0.2, 0.25) is 0 Å². The second-order valence-corrected chi connectivity index (χ2v) is 6.90. The molecule has 1 heterocycles. The van der Waals surface area contributed by atoms with Crippen LogP contribution >= 0.6 is 0 Å². The van der Waals surface area contributed by atoms with Crippen molar-refractivity contribution in [1.29, 1.82) is 0 Å². The van der Waals surface area contributed by atoms with Gasteiger partial charge in [-0.1, -0.05) is 44.2 Å². The van der Waals surface area contributed by atoms with Gasteiger partial charge in [-0.15, -0.1) is 0 Å². The molecule has 2 N–H and O–H groups in total. The van der Waals surface area contributed by atoms with Crippen LogP contribution in [0.1, 0.15) is 44.1 Å². The van der Waals surface area contributed by atoms with Gasteiger partial charge >= 0.3 is 0 Å². The lowest BCUT2D eigenvalue weighted by atomic mass is 10.1. The summed E-state index contributed by atoms with van der Waals surface area (Å²) < 4.78 is 2.20. The molecule has 0 spiro atoms. The standard InChI is InChI=1S/C22H36N6/c1-5-27(6-2)21(20-12-8-7-9-13-20)18-26-22(23-4)25-14-10-11-16-28-17-15-24-19(28)3/h7-9,12-13,15,17,21H,5-6,10-11,14,16,18H2,1-4H3,(H2,23,25,26). The van der Waals surface area contributed by atoms with E-state index in [1.807, 2.05) is 26.4 Å². The Morgan fingerprint density at radius 1 is 1.14 bits per heavy atom. The van der Waals surface area contributed by atoms with Gasteiger partial charge in [-0.3, -0.25) is 9.89 Å². The highest BCUT2D eigenvalue weighted by Gasteiger charge is 2.18. The minimum Gasteiger partial charge on any atom is -0.356 e. The Morgan fingerprint density at radius 3 is 2.50 bits per heavy atom. The highest BCUT2D eigenvalue weighted by atomic mass is 15.2. The summed E-state index contributed by atoms with van der Waals surface area (Å²) in [6.45, 7) is 11.3. The van der Waals surface area contributed by atoms with E-state index < -0.39 is 0 Å². The number of nitrogens with one attached hydrogen (secondary N) is 2. The molecule has 0 amide bonds. The molecule has 0 fully saturated rings. The molecular formula is C22H36N6. The first kappa shape index (κ1) is 22.0. The molecule has 28 heavy (non-hydrogen) atoms. The first-order valence-corrected chi connectivity index (χ1v) is 10.4. The van der Waals surface area contributed by atoms with E-state index in [2.05, 4.69) is 74.3 Å². The molecule has 154 valence electrons. The first-order chi connectivity index (χ1) is 13.7. The van der Waals surface area contributed by atoms with Crippen LogP contribution in [0, 0.1) is 6.92 Å². The van der Waals surface area contributed by atoms with Gasteiger partial charge in [0.2, 0.25) is 0 Å². The fraction of sp³-hybridized carbons (Fsp3) is 0.545. The summed E-state index contributed by atoms with van der Waals surface area (Å²) in [5.74, 6) is 1.95. The van der Waals surface area contributed by atoms with Crippen molar-refractivity contribution in [1.82, 2.24) is 25.1 Å². The van der Waals surface area contributed by atoms with Crippen LogP contribution in [0.5, 0.6) is 0 Å². The molecule has 2 rings (SSSR count). The largest absolute Gasteiger partial charge is 0.356 e. The Kier molecular flexibility index (Phi) is 9.55. The van der Waals surface area contributed by atoms with Gasteiger partial charge in [0.1, 0.15) is 5.82 Å². The van der Waals surface area contributed by atoms with Crippen LogP contribution in [0.15, 0.2) is 47.7 Å². The first-order valence-electron chi connectivity index (χ1n) is 10.4. The van der Waals surface area contributed by atoms with Gasteiger partial charge in [-0.25, -0.2) is 4.98 Å². The molecule has 1 unspecified atom stereocenters. The van der Waals surface area contributed by atoms with Crippen molar-refractivity contribution >= 4 is 5.96 Å². The molecule has 6 heteroatoms. The Bertz CT molecular complexity index is 690. The fourth-order valence-electron chi connectivity index (χ4n) is 3.47. The number of aryl methyl sites for hydroxylation is 2. The maximum Gasteiger partial charge on any atom is 0.191 e. The summed E-state index contributed by atoms with van der Waals surface area (Å²) in [5, 5.41) is 6.95. The summed E-state index contributed by atoms with van der Waals surface area (Å²) in [5.41, 5.74) is 1.34. The Labute approximate surface area is 170 Å². The lowest BCUT2D eigenvalue weighted by Gasteiger charge is -2.30. The van der Waals surface area contributed by atoms with E-state index in [1.165, 1.54) is 5.56 Å². The molecular weight excluding hydrogens is 348 g/mol. The zero-order valence-electron chi connectivity index (χ0n) is 17.9. The van der Waals surface area contributed by atoms with Crippen molar-refractivity contribution in [2.45, 2.75) is 46.2 Å².